The molecule has 1 N–H and O–H groups in total. The Kier molecular flexibility index (Phi) is 6.75. The Bertz CT molecular complexity index is 1790. The highest BCUT2D eigenvalue weighted by Gasteiger charge is 2.36. The Labute approximate surface area is 247 Å². The van der Waals surface area contributed by atoms with Crippen molar-refractivity contribution in [2.75, 3.05) is 18.1 Å². The number of aliphatic hydroxyl groups excluding tert-OH is 1. The standard InChI is InChI=1S/C32H29F2N7O2/c1-39-17-36-38-31(39)23-8-18(14-35)2-5-22(23)21-11-27(20-3-4-20)37-30(12-21)41-16-25-24(32(41)43)9-19(10-26(25)34)15-40-7-6-29(42)28(40)13-33/h2,5,8-12,17,20,28-29,42H,3-4,6-7,13,15-16H2,1H3/t28-,29+/m1/s1. The summed E-state index contributed by atoms with van der Waals surface area (Å²) in [4.78, 5) is 21.9. The van der Waals surface area contributed by atoms with Crippen molar-refractivity contribution < 1.29 is 18.7 Å². The fraction of sp³-hybridized carbons (Fsp3) is 0.344. The third kappa shape index (κ3) is 4.86. The molecular weight excluding hydrogens is 552 g/mol. The van der Waals surface area contributed by atoms with Gasteiger partial charge in [0.05, 0.1) is 30.3 Å². The van der Waals surface area contributed by atoms with E-state index in [0.717, 1.165) is 35.2 Å². The molecule has 43 heavy (non-hydrogen) atoms. The molecule has 4 heterocycles. The molecule has 0 unspecified atom stereocenters. The number of alkyl halides is 1. The monoisotopic (exact) mass is 581 g/mol. The number of anilines is 1. The van der Waals surface area contributed by atoms with Crippen LogP contribution in [0.25, 0.3) is 22.5 Å². The van der Waals surface area contributed by atoms with Crippen LogP contribution in [-0.2, 0) is 20.1 Å². The summed E-state index contributed by atoms with van der Waals surface area (Å²) in [6.45, 7) is 0.0944. The van der Waals surface area contributed by atoms with E-state index in [2.05, 4.69) is 16.3 Å². The summed E-state index contributed by atoms with van der Waals surface area (Å²) in [6.07, 6.45) is 3.29. The Morgan fingerprint density at radius 1 is 1.09 bits per heavy atom. The Morgan fingerprint density at radius 2 is 1.93 bits per heavy atom. The Balaban J connectivity index is 1.26. The maximum absolute atomic E-state index is 15.4. The second-order valence-corrected chi connectivity index (χ2v) is 11.6. The number of fused-ring (bicyclic) bond motifs is 1. The number of carbonyl (C=O) groups is 1. The molecule has 1 amide bonds. The van der Waals surface area contributed by atoms with Crippen molar-refractivity contribution in [1.29, 1.82) is 5.26 Å². The van der Waals surface area contributed by atoms with Gasteiger partial charge in [0.1, 0.15) is 24.6 Å². The number of carbonyl (C=O) groups excluding carboxylic acids is 1. The van der Waals surface area contributed by atoms with Crippen LogP contribution >= 0.6 is 0 Å². The lowest BCUT2D eigenvalue weighted by Crippen LogP contribution is -2.36. The first-order chi connectivity index (χ1) is 20.8. The van der Waals surface area contributed by atoms with Crippen molar-refractivity contribution in [1.82, 2.24) is 24.6 Å². The molecule has 9 nitrogen and oxygen atoms in total. The van der Waals surface area contributed by atoms with Crippen molar-refractivity contribution in [3.05, 3.63) is 82.6 Å². The predicted molar refractivity (Wildman–Crippen MR) is 154 cm³/mol. The van der Waals surface area contributed by atoms with Gasteiger partial charge in [-0.2, -0.15) is 5.26 Å². The van der Waals surface area contributed by atoms with Crippen LogP contribution in [0.3, 0.4) is 0 Å². The minimum absolute atomic E-state index is 0.0416. The second-order valence-electron chi connectivity index (χ2n) is 11.6. The van der Waals surface area contributed by atoms with Gasteiger partial charge < -0.3 is 9.67 Å². The topological polar surface area (TPSA) is 111 Å². The number of aryl methyl sites for hydroxylation is 1. The SMILES string of the molecule is Cn1cnnc1-c1cc(C#N)ccc1-c1cc(C2CC2)nc(N2Cc3c(F)cc(CN4CC[C@H](O)[C@H]4CF)cc3C2=O)c1. The number of benzene rings is 2. The van der Waals surface area contributed by atoms with Gasteiger partial charge in [-0.15, -0.1) is 10.2 Å². The fourth-order valence-electron chi connectivity index (χ4n) is 6.22. The van der Waals surface area contributed by atoms with Gasteiger partial charge >= 0.3 is 0 Å². The number of pyridine rings is 1. The number of likely N-dealkylation sites (tertiary alicyclic amines) is 1. The molecule has 0 bridgehead atoms. The van der Waals surface area contributed by atoms with Crippen LogP contribution in [0.15, 0.2) is 48.8 Å². The number of nitriles is 1. The van der Waals surface area contributed by atoms with E-state index in [4.69, 9.17) is 4.98 Å². The van der Waals surface area contributed by atoms with Crippen LogP contribution in [-0.4, -0.2) is 61.0 Å². The van der Waals surface area contributed by atoms with Crippen molar-refractivity contribution in [2.24, 2.45) is 7.05 Å². The van der Waals surface area contributed by atoms with Crippen molar-refractivity contribution in [3.63, 3.8) is 0 Å². The molecule has 0 radical (unpaired) electrons. The maximum Gasteiger partial charge on any atom is 0.260 e. The fourth-order valence-corrected chi connectivity index (χ4v) is 6.22. The molecule has 2 aromatic carbocycles. The van der Waals surface area contributed by atoms with Crippen LogP contribution in [0.2, 0.25) is 0 Å². The van der Waals surface area contributed by atoms with Crippen LogP contribution in [0.5, 0.6) is 0 Å². The van der Waals surface area contributed by atoms with E-state index in [0.29, 0.717) is 41.3 Å². The Hall–Kier alpha value is -4.53. The van der Waals surface area contributed by atoms with Crippen LogP contribution < -0.4 is 4.90 Å². The zero-order valence-electron chi connectivity index (χ0n) is 23.5. The Morgan fingerprint density at radius 3 is 2.65 bits per heavy atom. The van der Waals surface area contributed by atoms with Crippen LogP contribution in [0.4, 0.5) is 14.6 Å². The molecule has 3 aliphatic rings. The average molecular weight is 582 g/mol. The van der Waals surface area contributed by atoms with E-state index < -0.39 is 24.6 Å². The number of halogens is 2. The normalized spacial score (nSPS) is 20.1. The maximum atomic E-state index is 15.4. The summed E-state index contributed by atoms with van der Waals surface area (Å²) in [5.74, 6) is 0.459. The van der Waals surface area contributed by atoms with Crippen molar-refractivity contribution in [2.45, 2.75) is 50.4 Å². The summed E-state index contributed by atoms with van der Waals surface area (Å²) in [7, 11) is 1.83. The van der Waals surface area contributed by atoms with Crippen LogP contribution in [0.1, 0.15) is 57.9 Å². The number of aliphatic hydroxyl groups is 1. The molecule has 1 saturated carbocycles. The molecule has 0 spiro atoms. The van der Waals surface area contributed by atoms with Gasteiger partial charge in [0, 0.05) is 48.4 Å². The van der Waals surface area contributed by atoms with Crippen LogP contribution in [0, 0.1) is 17.1 Å². The zero-order valence-corrected chi connectivity index (χ0v) is 23.5. The molecule has 1 saturated heterocycles. The first-order valence-electron chi connectivity index (χ1n) is 14.4. The number of nitrogens with zero attached hydrogens (tertiary/aromatic N) is 7. The van der Waals surface area contributed by atoms with Crippen molar-refractivity contribution in [3.8, 4) is 28.6 Å². The smallest absolute Gasteiger partial charge is 0.260 e. The lowest BCUT2D eigenvalue weighted by Gasteiger charge is -2.23. The largest absolute Gasteiger partial charge is 0.391 e. The van der Waals surface area contributed by atoms with Gasteiger partial charge in [-0.3, -0.25) is 14.6 Å². The first kappa shape index (κ1) is 27.3. The van der Waals surface area contributed by atoms with E-state index >= 15 is 4.39 Å². The van der Waals surface area contributed by atoms with E-state index in [1.54, 1.807) is 34.0 Å². The van der Waals surface area contributed by atoms with Gasteiger partial charge in [0.15, 0.2) is 5.82 Å². The molecule has 11 heteroatoms. The summed E-state index contributed by atoms with van der Waals surface area (Å²) in [6, 6.07) is 13.9. The molecule has 1 aliphatic carbocycles. The van der Waals surface area contributed by atoms with E-state index in [1.807, 2.05) is 25.2 Å². The van der Waals surface area contributed by atoms with Crippen molar-refractivity contribution >= 4 is 11.7 Å². The minimum Gasteiger partial charge on any atom is -0.391 e. The predicted octanol–water partition coefficient (Wildman–Crippen LogP) is 4.50. The van der Waals surface area contributed by atoms with Gasteiger partial charge in [-0.1, -0.05) is 6.07 Å². The number of aromatic nitrogens is 4. The molecule has 2 fully saturated rings. The number of rotatable bonds is 7. The molecule has 2 aromatic heterocycles. The quantitative estimate of drug-likeness (QED) is 0.342. The third-order valence-electron chi connectivity index (χ3n) is 8.73. The molecule has 218 valence electrons. The summed E-state index contributed by atoms with van der Waals surface area (Å²) in [5, 5.41) is 27.9. The highest BCUT2D eigenvalue weighted by molar-refractivity contribution is 6.10. The third-order valence-corrected chi connectivity index (χ3v) is 8.73. The number of amides is 1. The second kappa shape index (κ2) is 10.6. The number of hydrogen-bond donors (Lipinski definition) is 1. The highest BCUT2D eigenvalue weighted by Crippen LogP contribution is 2.43. The molecular formula is C32H29F2N7O2. The number of hydrogen-bond acceptors (Lipinski definition) is 7. The summed E-state index contributed by atoms with van der Waals surface area (Å²) < 4.78 is 30.8. The molecule has 2 aliphatic heterocycles. The highest BCUT2D eigenvalue weighted by atomic mass is 19.1. The molecule has 4 aromatic rings. The van der Waals surface area contributed by atoms with Gasteiger partial charge in [0.2, 0.25) is 0 Å². The first-order valence-corrected chi connectivity index (χ1v) is 14.4. The molecule has 2 atom stereocenters. The lowest BCUT2D eigenvalue weighted by molar-refractivity contribution is 0.0940. The minimum atomic E-state index is -0.759. The summed E-state index contributed by atoms with van der Waals surface area (Å²) >= 11 is 0. The van der Waals surface area contributed by atoms with Gasteiger partial charge in [-0.25, -0.2) is 13.8 Å². The lowest BCUT2D eigenvalue weighted by atomic mass is 9.96. The van der Waals surface area contributed by atoms with Gasteiger partial charge in [-0.05, 0) is 72.4 Å². The van der Waals surface area contributed by atoms with E-state index in [9.17, 15) is 19.6 Å². The van der Waals surface area contributed by atoms with E-state index in [-0.39, 0.29) is 30.5 Å². The average Bonchev–Trinajstić information content (AvgIpc) is 3.57. The summed E-state index contributed by atoms with van der Waals surface area (Å²) in [5.41, 5.74) is 4.82. The van der Waals surface area contributed by atoms with E-state index in [1.165, 1.54) is 11.0 Å². The molecule has 7 rings (SSSR count). The zero-order chi connectivity index (χ0) is 29.8. The van der Waals surface area contributed by atoms with Gasteiger partial charge in [0.25, 0.3) is 5.91 Å².